The normalized spacial score (nSPS) is 15.1. The van der Waals surface area contributed by atoms with E-state index in [1.54, 1.807) is 14.2 Å². The second-order valence-corrected chi connectivity index (χ2v) is 21.2. The van der Waals surface area contributed by atoms with Gasteiger partial charge in [-0.1, -0.05) is 40.2 Å². The minimum atomic E-state index is -1.72. The van der Waals surface area contributed by atoms with Crippen LogP contribution in [-0.4, -0.2) is 91.4 Å². The van der Waals surface area contributed by atoms with E-state index in [9.17, 15) is 0 Å². The molecular formula is C20H49N2O3Si4. The lowest BCUT2D eigenvalue weighted by Crippen LogP contribution is -2.52. The monoisotopic (exact) mass is 477 g/mol. The largest absolute Gasteiger partial charge is 0.456 e. The van der Waals surface area contributed by atoms with Crippen LogP contribution in [0.25, 0.3) is 0 Å². The van der Waals surface area contributed by atoms with Crippen molar-refractivity contribution in [3.63, 3.8) is 0 Å². The molecule has 0 heterocycles. The van der Waals surface area contributed by atoms with E-state index in [-0.39, 0.29) is 0 Å². The molecule has 0 saturated heterocycles. The first kappa shape index (κ1) is 29.7. The summed E-state index contributed by atoms with van der Waals surface area (Å²) in [5.41, 5.74) is 0. The molecule has 0 aliphatic carbocycles. The molecule has 1 unspecified atom stereocenters. The Bertz CT molecular complexity index is 392. The molecule has 0 aliphatic rings. The Hall–Kier alpha value is 0.668. The Morgan fingerprint density at radius 1 is 0.828 bits per heavy atom. The molecule has 0 aromatic heterocycles. The Kier molecular flexibility index (Phi) is 15.8. The predicted octanol–water partition coefficient (Wildman–Crippen LogP) is 4.67. The van der Waals surface area contributed by atoms with Gasteiger partial charge < -0.3 is 13.0 Å². The van der Waals surface area contributed by atoms with E-state index in [4.69, 9.17) is 13.0 Å². The fourth-order valence-corrected chi connectivity index (χ4v) is 17.5. The first-order valence-electron chi connectivity index (χ1n) is 11.4. The summed E-state index contributed by atoms with van der Waals surface area (Å²) in [6, 6.07) is 4.84. The molecule has 1 atom stereocenters. The molecule has 3 radical (unpaired) electrons. The van der Waals surface area contributed by atoms with Crippen molar-refractivity contribution in [1.29, 1.82) is 0 Å². The van der Waals surface area contributed by atoms with Gasteiger partial charge >= 0.3 is 9.28 Å². The van der Waals surface area contributed by atoms with E-state index in [2.05, 4.69) is 63.7 Å². The summed E-state index contributed by atoms with van der Waals surface area (Å²) < 4.78 is 17.8. The third-order valence-electron chi connectivity index (χ3n) is 5.39. The van der Waals surface area contributed by atoms with Crippen LogP contribution in [0, 0.1) is 0 Å². The quantitative estimate of drug-likeness (QED) is 0.212. The maximum Gasteiger partial charge on any atom is 0.384 e. The van der Waals surface area contributed by atoms with Crippen LogP contribution in [0.5, 0.6) is 0 Å². The van der Waals surface area contributed by atoms with Crippen molar-refractivity contribution in [2.24, 2.45) is 0 Å². The fraction of sp³-hybridized carbons (Fsp3) is 1.00. The van der Waals surface area contributed by atoms with Gasteiger partial charge in [0.25, 0.3) is 0 Å². The lowest BCUT2D eigenvalue weighted by Gasteiger charge is -2.39. The molecule has 0 amide bonds. The van der Waals surface area contributed by atoms with Crippen LogP contribution in [-0.2, 0) is 13.0 Å². The Balaban J connectivity index is 5.03. The van der Waals surface area contributed by atoms with Crippen molar-refractivity contribution < 1.29 is 13.0 Å². The van der Waals surface area contributed by atoms with Crippen LogP contribution >= 0.6 is 0 Å². The fourth-order valence-electron chi connectivity index (χ4n) is 3.95. The minimum Gasteiger partial charge on any atom is -0.456 e. The highest BCUT2D eigenvalue weighted by Crippen LogP contribution is 2.27. The van der Waals surface area contributed by atoms with Crippen molar-refractivity contribution in [2.75, 3.05) is 40.4 Å². The molecule has 5 nitrogen and oxygen atoms in total. The maximum atomic E-state index is 6.87. The van der Waals surface area contributed by atoms with Gasteiger partial charge in [-0.3, -0.25) is 9.80 Å². The third kappa shape index (κ3) is 12.3. The lowest BCUT2D eigenvalue weighted by molar-refractivity contribution is 0.115. The molecule has 0 N–H and O–H groups in total. The molecular weight excluding hydrogens is 429 g/mol. The Labute approximate surface area is 188 Å². The third-order valence-corrected chi connectivity index (χ3v) is 16.3. The van der Waals surface area contributed by atoms with Crippen LogP contribution in [0.2, 0.25) is 50.4 Å². The summed E-state index contributed by atoms with van der Waals surface area (Å²) >= 11 is 0. The van der Waals surface area contributed by atoms with E-state index in [1.807, 2.05) is 0 Å². The zero-order valence-electron chi connectivity index (χ0n) is 21.1. The van der Waals surface area contributed by atoms with Crippen molar-refractivity contribution in [3.8, 4) is 0 Å². The topological polar surface area (TPSA) is 34.2 Å². The van der Waals surface area contributed by atoms with Gasteiger partial charge in [0, 0.05) is 20.0 Å². The van der Waals surface area contributed by atoms with Crippen molar-refractivity contribution in [1.82, 2.24) is 9.80 Å². The highest BCUT2D eigenvalue weighted by atomic mass is 28.4. The molecule has 0 aromatic carbocycles. The molecule has 29 heavy (non-hydrogen) atoms. The molecule has 0 aliphatic heterocycles. The van der Waals surface area contributed by atoms with E-state index in [1.165, 1.54) is 24.6 Å². The van der Waals surface area contributed by atoms with Crippen molar-refractivity contribution in [2.45, 2.75) is 90.3 Å². The molecule has 9 heteroatoms. The van der Waals surface area contributed by atoms with Crippen LogP contribution in [0.4, 0.5) is 0 Å². The van der Waals surface area contributed by atoms with Gasteiger partial charge in [0.2, 0.25) is 0 Å². The zero-order chi connectivity index (χ0) is 22.5. The van der Waals surface area contributed by atoms with Crippen LogP contribution < -0.4 is 0 Å². The van der Waals surface area contributed by atoms with E-state index >= 15 is 0 Å². The molecule has 0 rings (SSSR count). The Morgan fingerprint density at radius 2 is 1.31 bits per heavy atom. The van der Waals surface area contributed by atoms with Gasteiger partial charge in [-0.05, 0) is 70.5 Å². The molecule has 0 aromatic rings. The van der Waals surface area contributed by atoms with Crippen LogP contribution in [0.3, 0.4) is 0 Å². The summed E-state index contributed by atoms with van der Waals surface area (Å²) in [7, 11) is 0.142. The summed E-state index contributed by atoms with van der Waals surface area (Å²) in [5.74, 6) is 0.585. The summed E-state index contributed by atoms with van der Waals surface area (Å²) in [5, 5.41) is 0. The second-order valence-electron chi connectivity index (χ2n) is 8.82. The van der Waals surface area contributed by atoms with Gasteiger partial charge in [0.1, 0.15) is 0 Å². The van der Waals surface area contributed by atoms with Gasteiger partial charge in [-0.2, -0.15) is 0 Å². The lowest BCUT2D eigenvalue weighted by atomic mass is 10.5. The maximum absolute atomic E-state index is 6.87. The van der Waals surface area contributed by atoms with Gasteiger partial charge in [0.15, 0.2) is 16.6 Å². The van der Waals surface area contributed by atoms with Crippen LogP contribution in [0.1, 0.15) is 34.1 Å². The predicted molar refractivity (Wildman–Crippen MR) is 135 cm³/mol. The smallest absolute Gasteiger partial charge is 0.384 e. The van der Waals surface area contributed by atoms with Gasteiger partial charge in [-0.25, -0.2) is 0 Å². The summed E-state index contributed by atoms with van der Waals surface area (Å²) in [4.78, 5) is 5.27. The zero-order valence-corrected chi connectivity index (χ0v) is 25.1. The van der Waals surface area contributed by atoms with Crippen LogP contribution in [0.15, 0.2) is 0 Å². The minimum absolute atomic E-state index is 0.585. The van der Waals surface area contributed by atoms with Crippen molar-refractivity contribution >= 4 is 35.4 Å². The van der Waals surface area contributed by atoms with Gasteiger partial charge in [-0.15, -0.1) is 0 Å². The second kappa shape index (κ2) is 15.5. The highest BCUT2D eigenvalue weighted by Gasteiger charge is 2.35. The average molecular weight is 478 g/mol. The highest BCUT2D eigenvalue weighted by molar-refractivity contribution is 6.85. The summed E-state index contributed by atoms with van der Waals surface area (Å²) in [6.07, 6.45) is 1.17. The first-order valence-corrected chi connectivity index (χ1v) is 20.5. The van der Waals surface area contributed by atoms with Crippen molar-refractivity contribution in [3.05, 3.63) is 0 Å². The standard InChI is InChI=1S/C20H49N2O3Si4/c1-11-21(12-2)20(22(13-3)14-4)26-16-19-29(10,25-28(7,8)9)18-15-17-27(23-5)24-6/h20H,11-19H2,1-10H3. The number of rotatable bonds is 18. The molecule has 0 spiro atoms. The first-order chi connectivity index (χ1) is 13.6. The number of nitrogens with zero attached hydrogens (tertiary/aromatic N) is 2. The van der Waals surface area contributed by atoms with E-state index in [0.29, 0.717) is 5.79 Å². The SMILES string of the molecule is CCN(CC)C([Si]CC[Si](C)(CCC[Si](OC)OC)O[Si](C)(C)C)N(CC)CC. The van der Waals surface area contributed by atoms with E-state index in [0.717, 1.165) is 41.7 Å². The number of hydrogen-bond acceptors (Lipinski definition) is 5. The summed E-state index contributed by atoms with van der Waals surface area (Å²) in [6.45, 7) is 23.2. The molecule has 0 fully saturated rings. The van der Waals surface area contributed by atoms with Gasteiger partial charge in [0.05, 0.1) is 9.52 Å². The average Bonchev–Trinajstić information content (AvgIpc) is 2.65. The Morgan fingerprint density at radius 3 is 1.69 bits per heavy atom. The number of hydrogen-bond donors (Lipinski definition) is 0. The molecule has 0 bridgehead atoms. The molecule has 173 valence electrons. The molecule has 0 saturated carbocycles. The van der Waals surface area contributed by atoms with E-state index < -0.39 is 25.9 Å².